The maximum absolute atomic E-state index is 12.8. The molecule has 5 heteroatoms. The average Bonchev–Trinajstić information content (AvgIpc) is 3.38. The van der Waals surface area contributed by atoms with Crippen molar-refractivity contribution < 1.29 is 14.3 Å². The molecule has 2 atom stereocenters. The van der Waals surface area contributed by atoms with Gasteiger partial charge in [-0.15, -0.1) is 0 Å². The molecule has 0 spiro atoms. The van der Waals surface area contributed by atoms with Gasteiger partial charge in [-0.3, -0.25) is 4.79 Å². The van der Waals surface area contributed by atoms with E-state index in [-0.39, 0.29) is 11.8 Å². The van der Waals surface area contributed by atoms with Crippen LogP contribution in [0.2, 0.25) is 0 Å². The maximum atomic E-state index is 12.8. The van der Waals surface area contributed by atoms with Crippen LogP contribution in [-0.4, -0.2) is 29.7 Å². The molecule has 150 valence electrons. The van der Waals surface area contributed by atoms with Crippen LogP contribution >= 0.6 is 0 Å². The van der Waals surface area contributed by atoms with E-state index in [9.17, 15) is 9.59 Å². The molecule has 27 heavy (non-hydrogen) atoms. The second kappa shape index (κ2) is 8.32. The Bertz CT molecular complexity index is 674. The third-order valence-electron chi connectivity index (χ3n) is 5.31. The largest absolute Gasteiger partial charge is 0.444 e. The van der Waals surface area contributed by atoms with E-state index < -0.39 is 17.2 Å². The predicted molar refractivity (Wildman–Crippen MR) is 108 cm³/mol. The van der Waals surface area contributed by atoms with Crippen LogP contribution in [0, 0.1) is 12.8 Å². The van der Waals surface area contributed by atoms with Crippen molar-refractivity contribution in [1.29, 1.82) is 0 Å². The van der Waals surface area contributed by atoms with Crippen molar-refractivity contribution in [3.05, 3.63) is 35.4 Å². The zero-order valence-corrected chi connectivity index (χ0v) is 17.5. The number of aryl methyl sites for hydroxylation is 1. The van der Waals surface area contributed by atoms with Crippen LogP contribution < -0.4 is 10.6 Å². The van der Waals surface area contributed by atoms with Gasteiger partial charge in [-0.2, -0.15) is 0 Å². The number of amides is 2. The van der Waals surface area contributed by atoms with E-state index in [1.54, 1.807) is 0 Å². The topological polar surface area (TPSA) is 67.4 Å². The molecule has 1 fully saturated rings. The lowest BCUT2D eigenvalue weighted by molar-refractivity contribution is -0.124. The SMILES string of the molecule is CCC(CC)(CNC(=O)OC(C)(C)C)NC(=O)C1CC1c1cccc(C)c1. The molecular formula is C22H34N2O3. The molecule has 2 unspecified atom stereocenters. The lowest BCUT2D eigenvalue weighted by Gasteiger charge is -2.33. The van der Waals surface area contributed by atoms with Gasteiger partial charge in [0.15, 0.2) is 0 Å². The van der Waals surface area contributed by atoms with Crippen molar-refractivity contribution in [1.82, 2.24) is 10.6 Å². The summed E-state index contributed by atoms with van der Waals surface area (Å²) in [4.78, 5) is 24.8. The van der Waals surface area contributed by atoms with Crippen LogP contribution in [0.25, 0.3) is 0 Å². The Kier molecular flexibility index (Phi) is 6.55. The highest BCUT2D eigenvalue weighted by atomic mass is 16.6. The van der Waals surface area contributed by atoms with E-state index >= 15 is 0 Å². The number of nitrogens with one attached hydrogen (secondary N) is 2. The van der Waals surface area contributed by atoms with Crippen molar-refractivity contribution in [2.75, 3.05) is 6.54 Å². The van der Waals surface area contributed by atoms with E-state index in [2.05, 4.69) is 35.8 Å². The Hall–Kier alpha value is -2.04. The van der Waals surface area contributed by atoms with Crippen LogP contribution in [0.4, 0.5) is 4.79 Å². The van der Waals surface area contributed by atoms with Gasteiger partial charge in [0.1, 0.15) is 5.60 Å². The van der Waals surface area contributed by atoms with Gasteiger partial charge in [-0.1, -0.05) is 43.7 Å². The minimum absolute atomic E-state index is 0.0193. The normalized spacial score (nSPS) is 19.3. The summed E-state index contributed by atoms with van der Waals surface area (Å²) in [5.74, 6) is 0.400. The number of benzene rings is 1. The van der Waals surface area contributed by atoms with Crippen molar-refractivity contribution in [2.45, 2.75) is 77.9 Å². The summed E-state index contributed by atoms with van der Waals surface area (Å²) in [6, 6.07) is 8.38. The molecule has 0 heterocycles. The molecule has 0 radical (unpaired) electrons. The fourth-order valence-electron chi connectivity index (χ4n) is 3.38. The molecule has 0 aromatic heterocycles. The fraction of sp³-hybridized carbons (Fsp3) is 0.636. The summed E-state index contributed by atoms with van der Waals surface area (Å²) in [5.41, 5.74) is 1.47. The first-order chi connectivity index (χ1) is 12.6. The Morgan fingerprint density at radius 2 is 1.85 bits per heavy atom. The van der Waals surface area contributed by atoms with E-state index in [4.69, 9.17) is 4.74 Å². The quantitative estimate of drug-likeness (QED) is 0.748. The van der Waals surface area contributed by atoms with Gasteiger partial charge in [0, 0.05) is 12.5 Å². The summed E-state index contributed by atoms with van der Waals surface area (Å²) >= 11 is 0. The highest BCUT2D eigenvalue weighted by Crippen LogP contribution is 2.48. The third-order valence-corrected chi connectivity index (χ3v) is 5.31. The first kappa shape index (κ1) is 21.3. The van der Waals surface area contributed by atoms with Crippen LogP contribution in [0.3, 0.4) is 0 Å². The molecule has 1 aliphatic rings. The molecule has 5 nitrogen and oxygen atoms in total. The molecule has 0 bridgehead atoms. The number of hydrogen-bond donors (Lipinski definition) is 2. The number of alkyl carbamates (subject to hydrolysis) is 1. The second-order valence-electron chi connectivity index (χ2n) is 8.69. The maximum Gasteiger partial charge on any atom is 0.407 e. The third kappa shape index (κ3) is 5.98. The highest BCUT2D eigenvalue weighted by molar-refractivity contribution is 5.83. The zero-order valence-electron chi connectivity index (χ0n) is 17.5. The highest BCUT2D eigenvalue weighted by Gasteiger charge is 2.45. The van der Waals surface area contributed by atoms with Gasteiger partial charge in [-0.05, 0) is 58.4 Å². The molecule has 2 rings (SSSR count). The number of rotatable bonds is 7. The van der Waals surface area contributed by atoms with Crippen LogP contribution in [0.15, 0.2) is 24.3 Å². The van der Waals surface area contributed by atoms with Crippen molar-refractivity contribution >= 4 is 12.0 Å². The molecule has 1 saturated carbocycles. The summed E-state index contributed by atoms with van der Waals surface area (Å²) in [6.45, 7) is 12.0. The number of carbonyl (C=O) groups excluding carboxylic acids is 2. The summed E-state index contributed by atoms with van der Waals surface area (Å²) < 4.78 is 5.31. The molecular weight excluding hydrogens is 340 g/mol. The van der Waals surface area contributed by atoms with E-state index in [1.807, 2.05) is 40.7 Å². The molecule has 0 aliphatic heterocycles. The smallest absolute Gasteiger partial charge is 0.407 e. The first-order valence-electron chi connectivity index (χ1n) is 9.94. The number of hydrogen-bond acceptors (Lipinski definition) is 3. The average molecular weight is 375 g/mol. The Balaban J connectivity index is 1.95. The molecule has 1 aliphatic carbocycles. The number of ether oxygens (including phenoxy) is 1. The Morgan fingerprint density at radius 1 is 1.19 bits per heavy atom. The fourth-order valence-corrected chi connectivity index (χ4v) is 3.38. The first-order valence-corrected chi connectivity index (χ1v) is 9.94. The lowest BCUT2D eigenvalue weighted by atomic mass is 9.92. The molecule has 1 aromatic carbocycles. The number of carbonyl (C=O) groups is 2. The van der Waals surface area contributed by atoms with Gasteiger partial charge < -0.3 is 15.4 Å². The monoisotopic (exact) mass is 374 g/mol. The van der Waals surface area contributed by atoms with Gasteiger partial charge in [0.2, 0.25) is 5.91 Å². The second-order valence-corrected chi connectivity index (χ2v) is 8.69. The van der Waals surface area contributed by atoms with Crippen molar-refractivity contribution in [3.63, 3.8) is 0 Å². The Labute approximate surface area is 163 Å². The molecule has 2 N–H and O–H groups in total. The zero-order chi connectivity index (χ0) is 20.2. The van der Waals surface area contributed by atoms with Gasteiger partial charge in [0.05, 0.1) is 5.54 Å². The summed E-state index contributed by atoms with van der Waals surface area (Å²) in [7, 11) is 0. The molecule has 0 saturated heterocycles. The van der Waals surface area contributed by atoms with E-state index in [1.165, 1.54) is 11.1 Å². The Morgan fingerprint density at radius 3 is 2.41 bits per heavy atom. The van der Waals surface area contributed by atoms with Crippen molar-refractivity contribution in [3.8, 4) is 0 Å². The van der Waals surface area contributed by atoms with Crippen molar-refractivity contribution in [2.24, 2.45) is 5.92 Å². The van der Waals surface area contributed by atoms with E-state index in [0.717, 1.165) is 19.3 Å². The minimum atomic E-state index is -0.538. The minimum Gasteiger partial charge on any atom is -0.444 e. The lowest BCUT2D eigenvalue weighted by Crippen LogP contribution is -2.55. The van der Waals surface area contributed by atoms with Gasteiger partial charge in [-0.25, -0.2) is 4.79 Å². The molecule has 1 aromatic rings. The summed E-state index contributed by atoms with van der Waals surface area (Å²) in [5, 5.41) is 6.04. The molecule has 2 amide bonds. The van der Waals surface area contributed by atoms with Gasteiger partial charge in [0.25, 0.3) is 0 Å². The van der Waals surface area contributed by atoms with E-state index in [0.29, 0.717) is 12.5 Å². The standard InChI is InChI=1S/C22H34N2O3/c1-7-22(8-2,14-23-20(26)27-21(4,5)6)24-19(25)18-13-17(18)16-11-9-10-15(3)12-16/h9-12,17-18H,7-8,13-14H2,1-6H3,(H,23,26)(H,24,25). The van der Waals surface area contributed by atoms with Crippen LogP contribution in [0.5, 0.6) is 0 Å². The van der Waals surface area contributed by atoms with Crippen LogP contribution in [-0.2, 0) is 9.53 Å². The van der Waals surface area contributed by atoms with Gasteiger partial charge >= 0.3 is 6.09 Å². The van der Waals surface area contributed by atoms with Crippen LogP contribution in [0.1, 0.15) is 70.9 Å². The predicted octanol–water partition coefficient (Wildman–Crippen LogP) is 4.30. The summed E-state index contributed by atoms with van der Waals surface area (Å²) in [6.07, 6.45) is 1.92.